The summed E-state index contributed by atoms with van der Waals surface area (Å²) >= 11 is 1.57. The second kappa shape index (κ2) is 9.29. The van der Waals surface area contributed by atoms with E-state index in [0.29, 0.717) is 24.8 Å². The van der Waals surface area contributed by atoms with Crippen LogP contribution in [-0.4, -0.2) is 87.7 Å². The van der Waals surface area contributed by atoms with Gasteiger partial charge >= 0.3 is 0 Å². The molecule has 2 N–H and O–H groups in total. The molecule has 3 heterocycles. The number of aliphatic hydroxyl groups excluding tert-OH is 2. The molecule has 37 heavy (non-hydrogen) atoms. The Morgan fingerprint density at radius 3 is 2.16 bits per heavy atom. The van der Waals surface area contributed by atoms with Crippen molar-refractivity contribution in [1.82, 2.24) is 14.2 Å². The number of piperazine rings is 1. The van der Waals surface area contributed by atoms with Crippen LogP contribution in [0.15, 0.2) is 24.3 Å². The van der Waals surface area contributed by atoms with Gasteiger partial charge in [0, 0.05) is 56.5 Å². The lowest BCUT2D eigenvalue weighted by molar-refractivity contribution is -0.142. The maximum Gasteiger partial charge on any atom is 0.233 e. The van der Waals surface area contributed by atoms with Gasteiger partial charge in [0.05, 0.1) is 28.7 Å². The van der Waals surface area contributed by atoms with Gasteiger partial charge in [0.15, 0.2) is 0 Å². The minimum atomic E-state index is -0.869. The van der Waals surface area contributed by atoms with Gasteiger partial charge in [0.1, 0.15) is 5.82 Å². The third-order valence-electron chi connectivity index (χ3n) is 10.2. The standard InChI is InChI=1S/C28H36N4O4S/c33-24-19-13-20(25(24)34)23-22(19)27(35)32(28(23)36)15-17-6-2-1-5-16(17)14-30-9-11-31(12-10-30)26-18-7-3-4-8-21(18)37-29-26/h3-4,7-8,16-17,19-20,22-25,33-34H,1-2,5-6,9-15H2/t16-,17-,19-,20+,22+,23-,24-,25-/m0/s1. The smallest absolute Gasteiger partial charge is 0.233 e. The first-order valence-corrected chi connectivity index (χ1v) is 14.8. The van der Waals surface area contributed by atoms with Crippen LogP contribution in [0.2, 0.25) is 0 Å². The summed E-state index contributed by atoms with van der Waals surface area (Å²) < 4.78 is 5.97. The maximum absolute atomic E-state index is 13.3. The summed E-state index contributed by atoms with van der Waals surface area (Å²) in [6, 6.07) is 8.44. The molecule has 8 atom stereocenters. The highest BCUT2D eigenvalue weighted by Crippen LogP contribution is 2.56. The first-order valence-electron chi connectivity index (χ1n) is 14.0. The predicted octanol–water partition coefficient (Wildman–Crippen LogP) is 2.20. The van der Waals surface area contributed by atoms with Crippen molar-refractivity contribution in [2.45, 2.75) is 44.3 Å². The SMILES string of the molecule is O=C1[C@@H]2[C@@H]3C[C@@H]([C@H](O)[C@H]3O)[C@@H]2C(=O)N1C[C@@H]1CCCC[C@H]1CN1CCN(c2nsc3ccccc23)CC1. The molecule has 3 aliphatic carbocycles. The van der Waals surface area contributed by atoms with E-state index in [-0.39, 0.29) is 23.7 Å². The molecule has 5 aliphatic rings. The molecular formula is C28H36N4O4S. The van der Waals surface area contributed by atoms with E-state index in [4.69, 9.17) is 4.37 Å². The molecule has 2 amide bonds. The van der Waals surface area contributed by atoms with Gasteiger partial charge in [-0.3, -0.25) is 19.4 Å². The van der Waals surface area contributed by atoms with E-state index in [2.05, 4.69) is 34.1 Å². The molecule has 1 aromatic heterocycles. The fourth-order valence-corrected chi connectivity index (χ4v) is 9.04. The second-order valence-corrected chi connectivity index (χ2v) is 12.8. The van der Waals surface area contributed by atoms with Crippen molar-refractivity contribution in [1.29, 1.82) is 0 Å². The van der Waals surface area contributed by atoms with Gasteiger partial charge < -0.3 is 15.1 Å². The number of fused-ring (bicyclic) bond motifs is 6. The first-order chi connectivity index (χ1) is 18.0. The van der Waals surface area contributed by atoms with Gasteiger partial charge in [-0.05, 0) is 54.8 Å². The van der Waals surface area contributed by atoms with Crippen LogP contribution in [0.3, 0.4) is 0 Å². The topological polar surface area (TPSA) is 97.2 Å². The number of hydrogen-bond donors (Lipinski definition) is 2. The van der Waals surface area contributed by atoms with Gasteiger partial charge in [0.2, 0.25) is 11.8 Å². The minimum Gasteiger partial charge on any atom is -0.390 e. The summed E-state index contributed by atoms with van der Waals surface area (Å²) in [5, 5.41) is 22.0. The largest absolute Gasteiger partial charge is 0.390 e. The molecule has 0 radical (unpaired) electrons. The molecule has 0 unspecified atom stereocenters. The Morgan fingerprint density at radius 1 is 0.865 bits per heavy atom. The van der Waals surface area contributed by atoms with Crippen LogP contribution in [0, 0.1) is 35.5 Å². The molecular weight excluding hydrogens is 488 g/mol. The van der Waals surface area contributed by atoms with Gasteiger partial charge in [-0.25, -0.2) is 0 Å². The lowest BCUT2D eigenvalue weighted by Gasteiger charge is -2.40. The zero-order valence-electron chi connectivity index (χ0n) is 21.1. The highest BCUT2D eigenvalue weighted by atomic mass is 32.1. The summed E-state index contributed by atoms with van der Waals surface area (Å²) in [5.41, 5.74) is 0. The number of nitrogens with zero attached hydrogens (tertiary/aromatic N) is 4. The molecule has 7 rings (SSSR count). The Balaban J connectivity index is 0.991. The molecule has 2 aromatic rings. The summed E-state index contributed by atoms with van der Waals surface area (Å²) in [4.78, 5) is 33.2. The molecule has 0 spiro atoms. The monoisotopic (exact) mass is 524 g/mol. The third-order valence-corrected chi connectivity index (χ3v) is 11.0. The summed E-state index contributed by atoms with van der Waals surface area (Å²) in [5.74, 6) is 0.350. The fraction of sp³-hybridized carbons (Fsp3) is 0.679. The van der Waals surface area contributed by atoms with Crippen molar-refractivity contribution in [3.8, 4) is 0 Å². The Labute approximate surface area is 221 Å². The Morgan fingerprint density at radius 2 is 1.49 bits per heavy atom. The molecule has 2 saturated heterocycles. The van der Waals surface area contributed by atoms with Gasteiger partial charge in [-0.2, -0.15) is 4.37 Å². The van der Waals surface area contributed by atoms with Crippen molar-refractivity contribution in [3.05, 3.63) is 24.3 Å². The van der Waals surface area contributed by atoms with Crippen molar-refractivity contribution in [2.24, 2.45) is 35.5 Å². The number of aromatic nitrogens is 1. The molecule has 2 aliphatic heterocycles. The third kappa shape index (κ3) is 3.84. The average molecular weight is 525 g/mol. The molecule has 3 saturated carbocycles. The zero-order valence-corrected chi connectivity index (χ0v) is 21.9. The van der Waals surface area contributed by atoms with Crippen LogP contribution in [0.5, 0.6) is 0 Å². The van der Waals surface area contributed by atoms with Gasteiger partial charge in [-0.15, -0.1) is 0 Å². The Kier molecular flexibility index (Phi) is 6.03. The molecule has 5 fully saturated rings. The number of amides is 2. The maximum atomic E-state index is 13.3. The molecule has 2 bridgehead atoms. The van der Waals surface area contributed by atoms with E-state index in [9.17, 15) is 19.8 Å². The van der Waals surface area contributed by atoms with Crippen LogP contribution in [0.4, 0.5) is 5.82 Å². The number of carbonyl (C=O) groups excluding carboxylic acids is 2. The van der Waals surface area contributed by atoms with E-state index in [0.717, 1.165) is 57.8 Å². The summed E-state index contributed by atoms with van der Waals surface area (Å²) in [7, 11) is 0. The van der Waals surface area contributed by atoms with Crippen molar-refractivity contribution in [2.75, 3.05) is 44.2 Å². The average Bonchev–Trinajstić information content (AvgIpc) is 3.65. The van der Waals surface area contributed by atoms with Crippen molar-refractivity contribution < 1.29 is 19.8 Å². The minimum absolute atomic E-state index is 0.0955. The highest BCUT2D eigenvalue weighted by Gasteiger charge is 2.67. The van der Waals surface area contributed by atoms with Gasteiger partial charge in [0.25, 0.3) is 0 Å². The van der Waals surface area contributed by atoms with Crippen LogP contribution in [-0.2, 0) is 9.59 Å². The number of rotatable bonds is 5. The van der Waals surface area contributed by atoms with Crippen LogP contribution in [0.25, 0.3) is 10.1 Å². The number of likely N-dealkylation sites (tertiary alicyclic amines) is 1. The lowest BCUT2D eigenvalue weighted by Crippen LogP contribution is -2.49. The Hall–Kier alpha value is -2.07. The van der Waals surface area contributed by atoms with E-state index in [1.54, 1.807) is 11.5 Å². The van der Waals surface area contributed by atoms with Crippen LogP contribution < -0.4 is 4.90 Å². The van der Waals surface area contributed by atoms with Crippen LogP contribution >= 0.6 is 11.5 Å². The quantitative estimate of drug-likeness (QED) is 0.579. The van der Waals surface area contributed by atoms with Crippen molar-refractivity contribution >= 4 is 39.3 Å². The predicted molar refractivity (Wildman–Crippen MR) is 141 cm³/mol. The van der Waals surface area contributed by atoms with E-state index in [1.807, 2.05) is 0 Å². The number of anilines is 1. The molecule has 1 aromatic carbocycles. The van der Waals surface area contributed by atoms with Crippen LogP contribution in [0.1, 0.15) is 32.1 Å². The first kappa shape index (κ1) is 24.0. The second-order valence-electron chi connectivity index (χ2n) is 12.0. The fourth-order valence-electron chi connectivity index (χ4n) is 8.25. The molecule has 9 heteroatoms. The van der Waals surface area contributed by atoms with E-state index < -0.39 is 24.0 Å². The Bertz CT molecular complexity index is 1160. The molecule has 8 nitrogen and oxygen atoms in total. The lowest BCUT2D eigenvalue weighted by atomic mass is 9.78. The highest BCUT2D eigenvalue weighted by molar-refractivity contribution is 7.13. The van der Waals surface area contributed by atoms with E-state index >= 15 is 0 Å². The zero-order chi connectivity index (χ0) is 25.3. The number of aliphatic hydroxyl groups is 2. The number of carbonyl (C=O) groups is 2. The molecule has 198 valence electrons. The summed E-state index contributed by atoms with van der Waals surface area (Å²) in [6.07, 6.45) is 3.42. The van der Waals surface area contributed by atoms with Gasteiger partial charge in [-0.1, -0.05) is 25.0 Å². The van der Waals surface area contributed by atoms with Crippen molar-refractivity contribution in [3.63, 3.8) is 0 Å². The van der Waals surface area contributed by atoms with E-state index in [1.165, 1.54) is 21.4 Å². The number of benzene rings is 1. The number of imide groups is 1. The number of hydrogen-bond acceptors (Lipinski definition) is 8. The normalized spacial score (nSPS) is 38.2. The summed E-state index contributed by atoms with van der Waals surface area (Å²) in [6.45, 7) is 5.45.